The van der Waals surface area contributed by atoms with Crippen molar-refractivity contribution in [3.05, 3.63) is 55.1 Å². The van der Waals surface area contributed by atoms with E-state index in [0.29, 0.717) is 4.47 Å². The van der Waals surface area contributed by atoms with E-state index in [4.69, 9.17) is 23.2 Å². The summed E-state index contributed by atoms with van der Waals surface area (Å²) in [5.41, 5.74) is -0.460. The Morgan fingerprint density at radius 1 is 1.30 bits per heavy atom. The molecule has 0 aromatic carbocycles. The molecule has 2 aromatic heterocycles. The molecule has 0 aliphatic rings. The molecule has 0 amide bonds. The molecule has 9 heteroatoms. The average molecular weight is 398 g/mol. The maximum absolute atomic E-state index is 12.2. The highest BCUT2D eigenvalue weighted by molar-refractivity contribution is 9.10. The predicted molar refractivity (Wildman–Crippen MR) is 79.9 cm³/mol. The van der Waals surface area contributed by atoms with Crippen molar-refractivity contribution in [3.63, 3.8) is 0 Å². The van der Waals surface area contributed by atoms with Crippen LogP contribution in [0.2, 0.25) is 10.2 Å². The van der Waals surface area contributed by atoms with Gasteiger partial charge in [-0.3, -0.25) is 4.79 Å². The zero-order valence-electron chi connectivity index (χ0n) is 9.73. The highest BCUT2D eigenvalue weighted by atomic mass is 79.9. The lowest BCUT2D eigenvalue weighted by atomic mass is 10.3. The predicted octanol–water partition coefficient (Wildman–Crippen LogP) is 2.81. The third-order valence-corrected chi connectivity index (χ3v) is 5.50. The quantitative estimate of drug-likeness (QED) is 0.807. The third-order valence-electron chi connectivity index (χ3n) is 2.45. The zero-order valence-corrected chi connectivity index (χ0v) is 13.6. The molecule has 2 aromatic rings. The molecule has 0 radical (unpaired) electrons. The van der Waals surface area contributed by atoms with E-state index in [1.807, 2.05) is 0 Å². The van der Waals surface area contributed by atoms with Gasteiger partial charge in [0.1, 0.15) is 10.2 Å². The van der Waals surface area contributed by atoms with Gasteiger partial charge in [0, 0.05) is 24.2 Å². The van der Waals surface area contributed by atoms with Crippen LogP contribution in [0, 0.1) is 0 Å². The number of aromatic nitrogens is 2. The van der Waals surface area contributed by atoms with Gasteiger partial charge in [0.05, 0.1) is 15.1 Å². The van der Waals surface area contributed by atoms with Crippen LogP contribution in [0.1, 0.15) is 5.56 Å². The largest absolute Gasteiger partial charge is 0.366 e. The molecule has 0 aliphatic heterocycles. The number of rotatable bonds is 3. The molecule has 0 saturated heterocycles. The maximum Gasteiger partial charge on any atom is 0.204 e. The van der Waals surface area contributed by atoms with Crippen LogP contribution in [-0.2, 0) is 15.6 Å². The first kappa shape index (κ1) is 15.5. The number of pyridine rings is 2. The summed E-state index contributed by atoms with van der Waals surface area (Å²) < 4.78 is 24.8. The smallest absolute Gasteiger partial charge is 0.204 e. The van der Waals surface area contributed by atoms with Gasteiger partial charge in [-0.25, -0.2) is 13.4 Å². The number of hydrogen-bond donors (Lipinski definition) is 1. The fraction of sp³-hybridized carbons (Fsp3) is 0.0909. The minimum Gasteiger partial charge on any atom is -0.366 e. The van der Waals surface area contributed by atoms with E-state index in [9.17, 15) is 13.2 Å². The van der Waals surface area contributed by atoms with Crippen molar-refractivity contribution in [2.75, 3.05) is 0 Å². The second kappa shape index (κ2) is 5.85. The van der Waals surface area contributed by atoms with Gasteiger partial charge in [0.15, 0.2) is 9.84 Å². The zero-order chi connectivity index (χ0) is 14.9. The summed E-state index contributed by atoms with van der Waals surface area (Å²) >= 11 is 14.5. The SMILES string of the molecule is O=c1c(Cl)c[nH]cc1CS(=O)(=O)c1cnc(Cl)c(Br)c1. The topological polar surface area (TPSA) is 79.9 Å². The molecule has 2 rings (SSSR count). The lowest BCUT2D eigenvalue weighted by Gasteiger charge is -2.05. The number of H-pyrrole nitrogens is 1. The summed E-state index contributed by atoms with van der Waals surface area (Å²) in [5.74, 6) is -0.474. The Kier molecular flexibility index (Phi) is 4.53. The number of halogens is 3. The van der Waals surface area contributed by atoms with Gasteiger partial charge in [-0.15, -0.1) is 0 Å². The van der Waals surface area contributed by atoms with Crippen molar-refractivity contribution >= 4 is 49.0 Å². The van der Waals surface area contributed by atoms with E-state index < -0.39 is 21.0 Å². The summed E-state index contributed by atoms with van der Waals surface area (Å²) in [7, 11) is -3.72. The van der Waals surface area contributed by atoms with Crippen LogP contribution in [0.25, 0.3) is 0 Å². The molecule has 0 spiro atoms. The highest BCUT2D eigenvalue weighted by Crippen LogP contribution is 2.24. The normalized spacial score (nSPS) is 11.6. The lowest BCUT2D eigenvalue weighted by molar-refractivity contribution is 0.594. The number of hydrogen-bond acceptors (Lipinski definition) is 4. The lowest BCUT2D eigenvalue weighted by Crippen LogP contribution is -2.15. The molecule has 0 saturated carbocycles. The van der Waals surface area contributed by atoms with Crippen LogP contribution in [0.5, 0.6) is 0 Å². The second-order valence-electron chi connectivity index (χ2n) is 3.86. The highest BCUT2D eigenvalue weighted by Gasteiger charge is 2.19. The molecule has 0 bridgehead atoms. The molecule has 5 nitrogen and oxygen atoms in total. The molecule has 0 fully saturated rings. The number of nitrogens with one attached hydrogen (secondary N) is 1. The summed E-state index contributed by atoms with van der Waals surface area (Å²) in [6.07, 6.45) is 3.74. The Balaban J connectivity index is 2.43. The van der Waals surface area contributed by atoms with Crippen LogP contribution in [-0.4, -0.2) is 18.4 Å². The summed E-state index contributed by atoms with van der Waals surface area (Å²) in [6, 6.07) is 1.34. The van der Waals surface area contributed by atoms with Gasteiger partial charge in [-0.1, -0.05) is 23.2 Å². The van der Waals surface area contributed by atoms with Crippen LogP contribution in [0.3, 0.4) is 0 Å². The number of aromatic amines is 1. The minimum atomic E-state index is -3.72. The van der Waals surface area contributed by atoms with Crippen molar-refractivity contribution < 1.29 is 8.42 Å². The third kappa shape index (κ3) is 3.22. The van der Waals surface area contributed by atoms with E-state index in [-0.39, 0.29) is 20.6 Å². The maximum atomic E-state index is 12.2. The first-order valence-corrected chi connectivity index (χ1v) is 8.40. The van der Waals surface area contributed by atoms with E-state index >= 15 is 0 Å². The van der Waals surface area contributed by atoms with E-state index in [1.54, 1.807) is 0 Å². The Morgan fingerprint density at radius 3 is 2.65 bits per heavy atom. The van der Waals surface area contributed by atoms with Crippen molar-refractivity contribution in [3.8, 4) is 0 Å². The molecule has 0 aliphatic carbocycles. The fourth-order valence-corrected chi connectivity index (χ4v) is 3.56. The van der Waals surface area contributed by atoms with Gasteiger partial charge < -0.3 is 4.98 Å². The number of nitrogens with zero attached hydrogens (tertiary/aromatic N) is 1. The van der Waals surface area contributed by atoms with Crippen LogP contribution >= 0.6 is 39.1 Å². The molecular weight excluding hydrogens is 391 g/mol. The summed E-state index contributed by atoms with van der Waals surface area (Å²) in [6.45, 7) is 0. The van der Waals surface area contributed by atoms with E-state index in [1.165, 1.54) is 18.5 Å². The first-order chi connectivity index (χ1) is 9.31. The summed E-state index contributed by atoms with van der Waals surface area (Å²) in [4.78, 5) is 18.1. The van der Waals surface area contributed by atoms with Crippen LogP contribution in [0.15, 0.2) is 38.8 Å². The van der Waals surface area contributed by atoms with Crippen molar-refractivity contribution in [1.82, 2.24) is 9.97 Å². The molecular formula is C11H7BrCl2N2O3S. The second-order valence-corrected chi connectivity index (χ2v) is 7.47. The first-order valence-electron chi connectivity index (χ1n) is 5.20. The molecule has 0 unspecified atom stereocenters. The molecule has 20 heavy (non-hydrogen) atoms. The Hall–Kier alpha value is -0.890. The number of sulfone groups is 1. The monoisotopic (exact) mass is 396 g/mol. The minimum absolute atomic E-state index is 0.0341. The standard InChI is InChI=1S/C11H7BrCl2N2O3S/c12-8-1-7(3-16-11(8)14)20(18,19)5-6-2-15-4-9(13)10(6)17/h1-4H,5H2,(H,15,17). The van der Waals surface area contributed by atoms with Gasteiger partial charge in [0.2, 0.25) is 5.43 Å². The Bertz CT molecular complexity index is 821. The van der Waals surface area contributed by atoms with Crippen LogP contribution < -0.4 is 5.43 Å². The van der Waals surface area contributed by atoms with Crippen molar-refractivity contribution in [2.45, 2.75) is 10.6 Å². The molecule has 106 valence electrons. The van der Waals surface area contributed by atoms with Gasteiger partial charge in [0.25, 0.3) is 0 Å². The van der Waals surface area contributed by atoms with Gasteiger partial charge in [-0.05, 0) is 22.0 Å². The Morgan fingerprint density at radius 2 is 2.00 bits per heavy atom. The molecule has 2 heterocycles. The van der Waals surface area contributed by atoms with E-state index in [0.717, 1.165) is 6.20 Å². The van der Waals surface area contributed by atoms with E-state index in [2.05, 4.69) is 25.9 Å². The van der Waals surface area contributed by atoms with Gasteiger partial charge in [-0.2, -0.15) is 0 Å². The molecule has 1 N–H and O–H groups in total. The van der Waals surface area contributed by atoms with Gasteiger partial charge >= 0.3 is 0 Å². The molecule has 0 atom stereocenters. The van der Waals surface area contributed by atoms with Crippen molar-refractivity contribution in [2.24, 2.45) is 0 Å². The summed E-state index contributed by atoms with van der Waals surface area (Å²) in [5, 5.41) is 0.0951. The Labute approximate surface area is 133 Å². The van der Waals surface area contributed by atoms with Crippen LogP contribution in [0.4, 0.5) is 0 Å². The van der Waals surface area contributed by atoms with Crippen molar-refractivity contribution in [1.29, 1.82) is 0 Å². The fourth-order valence-electron chi connectivity index (χ4n) is 1.47. The average Bonchev–Trinajstić information content (AvgIpc) is 2.38.